The summed E-state index contributed by atoms with van der Waals surface area (Å²) in [6.45, 7) is 1.67. The molecule has 162 valence electrons. The summed E-state index contributed by atoms with van der Waals surface area (Å²) in [7, 11) is 0. The lowest BCUT2D eigenvalue weighted by Gasteiger charge is -2.12. The molecule has 2 N–H and O–H groups in total. The van der Waals surface area contributed by atoms with Gasteiger partial charge in [-0.05, 0) is 60.7 Å². The van der Waals surface area contributed by atoms with Gasteiger partial charge in [0.1, 0.15) is 0 Å². The number of anilines is 1. The summed E-state index contributed by atoms with van der Waals surface area (Å²) in [5.74, 6) is -0.542. The number of benzene rings is 2. The van der Waals surface area contributed by atoms with E-state index in [2.05, 4.69) is 15.5 Å². The van der Waals surface area contributed by atoms with Crippen LogP contribution in [0.15, 0.2) is 40.9 Å². The van der Waals surface area contributed by atoms with Crippen molar-refractivity contribution < 1.29 is 27.6 Å². The van der Waals surface area contributed by atoms with Crippen molar-refractivity contribution >= 4 is 11.7 Å². The number of alkyl halides is 3. The zero-order chi connectivity index (χ0) is 22.2. The van der Waals surface area contributed by atoms with Gasteiger partial charge in [0.05, 0.1) is 5.56 Å². The number of aromatic nitrogens is 2. The van der Waals surface area contributed by atoms with Gasteiger partial charge in [0.2, 0.25) is 5.82 Å². The number of nitrogens with zero attached hydrogens (tertiary/aromatic N) is 2. The van der Waals surface area contributed by atoms with Crippen LogP contribution in [0.25, 0.3) is 22.8 Å². The molecule has 9 heteroatoms. The highest BCUT2D eigenvalue weighted by molar-refractivity contribution is 5.69. The zero-order valence-corrected chi connectivity index (χ0v) is 16.7. The van der Waals surface area contributed by atoms with Crippen molar-refractivity contribution in [1.29, 1.82) is 0 Å². The number of rotatable bonds is 6. The van der Waals surface area contributed by atoms with Crippen LogP contribution in [0, 0.1) is 0 Å². The summed E-state index contributed by atoms with van der Waals surface area (Å²) in [4.78, 5) is 15.1. The third-order valence-electron chi connectivity index (χ3n) is 5.37. The average Bonchev–Trinajstić information content (AvgIpc) is 3.37. The molecule has 1 unspecified atom stereocenters. The van der Waals surface area contributed by atoms with Crippen LogP contribution in [-0.4, -0.2) is 27.3 Å². The second-order valence-electron chi connectivity index (χ2n) is 7.50. The van der Waals surface area contributed by atoms with Crippen LogP contribution in [0.5, 0.6) is 0 Å². The van der Waals surface area contributed by atoms with Crippen LogP contribution in [0.2, 0.25) is 0 Å². The van der Waals surface area contributed by atoms with Gasteiger partial charge in [-0.3, -0.25) is 4.79 Å². The minimum Gasteiger partial charge on any atom is -0.481 e. The maximum absolute atomic E-state index is 13.4. The van der Waals surface area contributed by atoms with E-state index in [1.54, 1.807) is 19.1 Å². The molecule has 0 saturated heterocycles. The van der Waals surface area contributed by atoms with Gasteiger partial charge in [-0.1, -0.05) is 18.1 Å². The van der Waals surface area contributed by atoms with Gasteiger partial charge in [-0.25, -0.2) is 0 Å². The Morgan fingerprint density at radius 2 is 2.00 bits per heavy atom. The first-order valence-electron chi connectivity index (χ1n) is 9.90. The molecule has 0 amide bonds. The van der Waals surface area contributed by atoms with Gasteiger partial charge in [0.25, 0.3) is 5.89 Å². The Bertz CT molecular complexity index is 1120. The zero-order valence-electron chi connectivity index (χ0n) is 16.7. The molecule has 1 aliphatic heterocycles. The number of carboxylic acid groups (broad SMARTS) is 1. The molecule has 4 rings (SSSR count). The van der Waals surface area contributed by atoms with Crippen LogP contribution in [0.3, 0.4) is 0 Å². The Morgan fingerprint density at radius 1 is 1.23 bits per heavy atom. The normalized spacial score (nSPS) is 15.5. The molecule has 0 aliphatic carbocycles. The van der Waals surface area contributed by atoms with Crippen molar-refractivity contribution in [2.24, 2.45) is 0 Å². The van der Waals surface area contributed by atoms with Crippen LogP contribution < -0.4 is 5.32 Å². The van der Waals surface area contributed by atoms with Crippen molar-refractivity contribution in [2.75, 3.05) is 5.32 Å². The van der Waals surface area contributed by atoms with Crippen LogP contribution in [-0.2, 0) is 23.8 Å². The number of aryl methyl sites for hydroxylation is 1. The van der Waals surface area contributed by atoms with Crippen LogP contribution in [0.4, 0.5) is 18.9 Å². The predicted molar refractivity (Wildman–Crippen MR) is 108 cm³/mol. The first-order valence-corrected chi connectivity index (χ1v) is 9.90. The highest BCUT2D eigenvalue weighted by atomic mass is 19.4. The molecule has 6 nitrogen and oxygen atoms in total. The molecule has 0 fully saturated rings. The summed E-state index contributed by atoms with van der Waals surface area (Å²) < 4.78 is 45.3. The van der Waals surface area contributed by atoms with Gasteiger partial charge in [0, 0.05) is 29.3 Å². The third kappa shape index (κ3) is 4.40. The summed E-state index contributed by atoms with van der Waals surface area (Å²) in [5, 5.41) is 16.1. The number of hydrogen-bond donors (Lipinski definition) is 2. The molecule has 0 bridgehead atoms. The lowest BCUT2D eigenvalue weighted by Crippen LogP contribution is -2.16. The Balaban J connectivity index is 1.57. The number of fused-ring (bicyclic) bond motifs is 1. The number of hydrogen-bond acceptors (Lipinski definition) is 5. The molecule has 31 heavy (non-hydrogen) atoms. The molecule has 1 aromatic heterocycles. The van der Waals surface area contributed by atoms with Crippen LogP contribution in [0.1, 0.15) is 36.5 Å². The fourth-order valence-electron chi connectivity index (χ4n) is 3.79. The number of halogens is 3. The van der Waals surface area contributed by atoms with E-state index in [9.17, 15) is 18.0 Å². The van der Waals surface area contributed by atoms with Gasteiger partial charge in [0.15, 0.2) is 0 Å². The van der Waals surface area contributed by atoms with E-state index in [0.29, 0.717) is 18.4 Å². The van der Waals surface area contributed by atoms with E-state index in [1.807, 2.05) is 12.1 Å². The molecular weight excluding hydrogens is 411 g/mol. The molecule has 3 aromatic rings. The van der Waals surface area contributed by atoms with E-state index >= 15 is 0 Å². The summed E-state index contributed by atoms with van der Waals surface area (Å²) in [6, 6.07) is 9.60. The fourth-order valence-corrected chi connectivity index (χ4v) is 3.79. The average molecular weight is 431 g/mol. The minimum atomic E-state index is -4.46. The molecule has 0 radical (unpaired) electrons. The Hall–Kier alpha value is -3.36. The first-order chi connectivity index (χ1) is 14.7. The molecule has 0 saturated carbocycles. The lowest BCUT2D eigenvalue weighted by molar-refractivity contribution is -0.138. The van der Waals surface area contributed by atoms with Gasteiger partial charge in [-0.2, -0.15) is 18.2 Å². The number of carboxylic acids is 1. The number of carbonyl (C=O) groups is 1. The molecule has 1 aliphatic rings. The lowest BCUT2D eigenvalue weighted by atomic mass is 10.0. The van der Waals surface area contributed by atoms with Gasteiger partial charge in [-0.15, -0.1) is 0 Å². The minimum absolute atomic E-state index is 0.0149. The quantitative estimate of drug-likeness (QED) is 0.559. The van der Waals surface area contributed by atoms with Gasteiger partial charge >= 0.3 is 12.1 Å². The summed E-state index contributed by atoms with van der Waals surface area (Å²) in [6.07, 6.45) is -2.92. The molecule has 2 heterocycles. The van der Waals surface area contributed by atoms with Crippen molar-refractivity contribution in [3.63, 3.8) is 0 Å². The monoisotopic (exact) mass is 431 g/mol. The van der Waals surface area contributed by atoms with Gasteiger partial charge < -0.3 is 14.9 Å². The predicted octanol–water partition coefficient (Wildman–Crippen LogP) is 5.19. The van der Waals surface area contributed by atoms with E-state index in [4.69, 9.17) is 9.63 Å². The standard InChI is InChI=1S/C22H20F3N3O3/c1-2-12-3-4-14(11-17(12)22(23,24)25)21-27-20(28-31-21)13-5-7-18-15(9-13)10-16(26-18)6-8-19(29)30/h3-5,7,9,11,16,26H,2,6,8,10H2,1H3,(H,29,30). The van der Waals surface area contributed by atoms with Crippen molar-refractivity contribution in [2.45, 2.75) is 44.8 Å². The van der Waals surface area contributed by atoms with Crippen LogP contribution >= 0.6 is 0 Å². The Labute approximate surface area is 176 Å². The smallest absolute Gasteiger partial charge is 0.416 e. The maximum atomic E-state index is 13.4. The maximum Gasteiger partial charge on any atom is 0.416 e. The van der Waals surface area contributed by atoms with E-state index in [1.165, 1.54) is 6.07 Å². The fraction of sp³-hybridized carbons (Fsp3) is 0.318. The molecule has 0 spiro atoms. The van der Waals surface area contributed by atoms with E-state index < -0.39 is 17.7 Å². The van der Waals surface area contributed by atoms with E-state index in [-0.39, 0.29) is 41.7 Å². The van der Waals surface area contributed by atoms with Crippen molar-refractivity contribution in [1.82, 2.24) is 10.1 Å². The highest BCUT2D eigenvalue weighted by Gasteiger charge is 2.33. The highest BCUT2D eigenvalue weighted by Crippen LogP contribution is 2.36. The second-order valence-corrected chi connectivity index (χ2v) is 7.50. The van der Waals surface area contributed by atoms with E-state index in [0.717, 1.165) is 17.3 Å². The Kier molecular flexibility index (Phi) is 5.43. The number of nitrogens with one attached hydrogen (secondary N) is 1. The second kappa shape index (κ2) is 8.05. The summed E-state index contributed by atoms with van der Waals surface area (Å²) in [5.41, 5.74) is 2.32. The SMILES string of the molecule is CCc1ccc(-c2nc(-c3ccc4c(c3)CC(CCC(=O)O)N4)no2)cc1C(F)(F)F. The first kappa shape index (κ1) is 20.9. The molecular formula is C22H20F3N3O3. The molecule has 2 aromatic carbocycles. The number of aliphatic carboxylic acids is 1. The van der Waals surface area contributed by atoms with Crippen molar-refractivity contribution in [3.05, 3.63) is 53.1 Å². The molecule has 1 atom stereocenters. The summed E-state index contributed by atoms with van der Waals surface area (Å²) >= 11 is 0. The van der Waals surface area contributed by atoms with Crippen molar-refractivity contribution in [3.8, 4) is 22.8 Å². The topological polar surface area (TPSA) is 88.2 Å². The largest absolute Gasteiger partial charge is 0.481 e. The third-order valence-corrected chi connectivity index (χ3v) is 5.37. The Morgan fingerprint density at radius 3 is 2.71 bits per heavy atom.